The summed E-state index contributed by atoms with van der Waals surface area (Å²) in [6.45, 7) is 16.2. The summed E-state index contributed by atoms with van der Waals surface area (Å²) in [5, 5.41) is 26.2. The third kappa shape index (κ3) is 9.85. The van der Waals surface area contributed by atoms with E-state index in [1.165, 1.54) is 0 Å². The molecule has 4 N–H and O–H groups in total. The molecule has 352 valence electrons. The van der Waals surface area contributed by atoms with Gasteiger partial charge in [0.05, 0.1) is 55.4 Å². The highest BCUT2D eigenvalue weighted by Crippen LogP contribution is 2.46. The molecular weight excluding hydrogens is 813 g/mol. The van der Waals surface area contributed by atoms with Crippen molar-refractivity contribution < 1.29 is 62.5 Å². The minimum atomic E-state index is -1.87. The van der Waals surface area contributed by atoms with Crippen LogP contribution in [0.2, 0.25) is 0 Å². The molecule has 19 atom stereocenters. The molecule has 0 amide bonds. The summed E-state index contributed by atoms with van der Waals surface area (Å²) in [5.41, 5.74) is 6.56. The van der Waals surface area contributed by atoms with Crippen LogP contribution in [0.3, 0.4) is 0 Å². The van der Waals surface area contributed by atoms with Crippen LogP contribution in [0.25, 0.3) is 0 Å². The summed E-state index contributed by atoms with van der Waals surface area (Å²) >= 11 is 0. The second-order valence-electron chi connectivity index (χ2n) is 19.0. The average Bonchev–Trinajstić information content (AvgIpc) is 3.59. The monoisotopic (exact) mass is 885 g/mol. The normalized spacial score (nSPS) is 48.0. The predicted molar refractivity (Wildman–Crippen MR) is 232 cm³/mol. The van der Waals surface area contributed by atoms with Crippen molar-refractivity contribution in [3.05, 3.63) is 59.3 Å². The summed E-state index contributed by atoms with van der Waals surface area (Å²) < 4.78 is 64.1. The van der Waals surface area contributed by atoms with Gasteiger partial charge in [-0.05, 0) is 62.8 Å². The number of nitrogens with zero attached hydrogens (tertiary/aromatic N) is 1. The van der Waals surface area contributed by atoms with Crippen molar-refractivity contribution >= 4 is 11.7 Å². The molecule has 0 radical (unpaired) electrons. The summed E-state index contributed by atoms with van der Waals surface area (Å²) in [6.07, 6.45) is 11.1. The molecule has 63 heavy (non-hydrogen) atoms. The lowest BCUT2D eigenvalue weighted by molar-refractivity contribution is -0.311. The number of fused-ring (bicyclic) bond motifs is 2. The highest BCUT2D eigenvalue weighted by molar-refractivity contribution is 6.06. The molecule has 1 aliphatic carbocycles. The van der Waals surface area contributed by atoms with Crippen LogP contribution in [0.1, 0.15) is 93.9 Å². The number of carbonyl (C=O) groups excluding carboxylic acids is 1. The van der Waals surface area contributed by atoms with Gasteiger partial charge in [0, 0.05) is 51.7 Å². The number of aliphatic hydroxyl groups is 1. The van der Waals surface area contributed by atoms with Crippen LogP contribution in [-0.4, -0.2) is 134 Å². The molecule has 0 aromatic rings. The van der Waals surface area contributed by atoms with Gasteiger partial charge in [0.25, 0.3) is 0 Å². The number of hydrogen-bond donors (Lipinski definition) is 3. The van der Waals surface area contributed by atoms with Crippen molar-refractivity contribution in [1.82, 2.24) is 0 Å². The molecular formula is C48H72N2O13. The average molecular weight is 885 g/mol. The molecule has 2 bridgehead atoms. The first-order valence-electron chi connectivity index (χ1n) is 23.0. The third-order valence-corrected chi connectivity index (χ3v) is 14.6. The van der Waals surface area contributed by atoms with E-state index in [0.29, 0.717) is 36.8 Å². The number of oxime groups is 1. The van der Waals surface area contributed by atoms with Gasteiger partial charge in [0.2, 0.25) is 0 Å². The molecule has 19 unspecified atom stereocenters. The highest BCUT2D eigenvalue weighted by atomic mass is 16.7. The molecule has 4 saturated heterocycles. The van der Waals surface area contributed by atoms with E-state index in [9.17, 15) is 15.1 Å². The molecule has 15 heteroatoms. The van der Waals surface area contributed by atoms with Crippen LogP contribution in [0.4, 0.5) is 0 Å². The van der Waals surface area contributed by atoms with Crippen LogP contribution in [0, 0.1) is 23.7 Å². The highest BCUT2D eigenvalue weighted by Gasteiger charge is 2.60. The third-order valence-electron chi connectivity index (χ3n) is 14.6. The zero-order chi connectivity index (χ0) is 45.4. The van der Waals surface area contributed by atoms with Crippen molar-refractivity contribution in [3.63, 3.8) is 0 Å². The number of esters is 1. The van der Waals surface area contributed by atoms with Crippen LogP contribution in [-0.2, 0) is 52.2 Å². The fraction of sp³-hybridized carbons (Fsp3) is 0.750. The molecule has 6 aliphatic heterocycles. The Hall–Kier alpha value is -2.80. The molecule has 6 heterocycles. The molecule has 7 rings (SSSR count). The first-order chi connectivity index (χ1) is 30.0. The number of nitrogens with two attached hydrogens (primary N) is 1. The van der Waals surface area contributed by atoms with Gasteiger partial charge >= 0.3 is 5.97 Å². The van der Waals surface area contributed by atoms with Crippen LogP contribution < -0.4 is 5.73 Å². The number of carbonyl (C=O) groups is 1. The second kappa shape index (κ2) is 20.0. The van der Waals surface area contributed by atoms with Crippen molar-refractivity contribution in [2.45, 2.75) is 185 Å². The molecule has 0 saturated carbocycles. The maximum absolute atomic E-state index is 14.4. The first kappa shape index (κ1) is 48.1. The van der Waals surface area contributed by atoms with E-state index in [1.807, 2.05) is 39.0 Å². The molecule has 7 aliphatic rings. The Morgan fingerprint density at radius 1 is 0.952 bits per heavy atom. The van der Waals surface area contributed by atoms with E-state index < -0.39 is 72.5 Å². The maximum Gasteiger partial charge on any atom is 0.316 e. The molecule has 0 aromatic carbocycles. The Morgan fingerprint density at radius 3 is 2.38 bits per heavy atom. The standard InChI is InChI=1S/C48H72N2O13/c1-11-25(2)43-28(5)17-18-47(63-43)23-34-20-33(62-47)16-15-27(4)42(60-39-22-37(55-10)44(31(8)58-39)61-38-21-36(54-9)40(49)30(7)57-38)26(3)13-12-14-32-24-56-45-41(50-53)29(6)19-35(46(51)59-34)48(32,45)52/h12-15,17-19,25-26,28,30-31,33-40,42-45,52-53H,11,16,20-24,49H2,1-10H3/b13-12+,27-15+,32-14+,50-41+. The van der Waals surface area contributed by atoms with Gasteiger partial charge in [-0.1, -0.05) is 75.7 Å². The summed E-state index contributed by atoms with van der Waals surface area (Å²) in [4.78, 5) is 14.4. The molecule has 1 spiro atoms. The largest absolute Gasteiger partial charge is 0.462 e. The van der Waals surface area contributed by atoms with E-state index >= 15 is 0 Å². The van der Waals surface area contributed by atoms with Crippen LogP contribution in [0.15, 0.2) is 64.4 Å². The quantitative estimate of drug-likeness (QED) is 0.115. The zero-order valence-corrected chi connectivity index (χ0v) is 38.7. The van der Waals surface area contributed by atoms with Gasteiger partial charge in [-0.2, -0.15) is 0 Å². The number of hydrogen-bond acceptors (Lipinski definition) is 15. The van der Waals surface area contributed by atoms with Crippen molar-refractivity contribution in [2.24, 2.45) is 34.6 Å². The number of rotatable bonds is 8. The summed E-state index contributed by atoms with van der Waals surface area (Å²) in [7, 11) is 3.31. The van der Waals surface area contributed by atoms with Crippen LogP contribution >= 0.6 is 0 Å². The number of allylic oxidation sites excluding steroid dienone is 2. The Kier molecular flexibility index (Phi) is 15.3. The predicted octanol–water partition coefficient (Wildman–Crippen LogP) is 5.81. The van der Waals surface area contributed by atoms with E-state index in [0.717, 1.165) is 12.0 Å². The minimum absolute atomic E-state index is 0.0120. The van der Waals surface area contributed by atoms with Gasteiger partial charge in [0.15, 0.2) is 18.4 Å². The SMILES string of the molecule is CCC(C)C1OC2(C=CC1C)CC1CC(C/C=C(\C)C(OC3CC(OC)C(OC4CC(OC)C(N)C(C)O4)C(C)O3)C(C)/C=C/C=C3\COC4/C(=N/O)C(C)=CC(C(=O)O1)C34O)O2. The van der Waals surface area contributed by atoms with Gasteiger partial charge in [-0.3, -0.25) is 4.79 Å². The van der Waals surface area contributed by atoms with Crippen molar-refractivity contribution in [2.75, 3.05) is 20.8 Å². The van der Waals surface area contributed by atoms with Gasteiger partial charge < -0.3 is 63.4 Å². The fourth-order valence-electron chi connectivity index (χ4n) is 10.6. The lowest BCUT2D eigenvalue weighted by atomic mass is 9.71. The molecule has 15 nitrogen and oxygen atoms in total. The molecule has 0 aromatic heterocycles. The number of methoxy groups -OCH3 is 2. The lowest BCUT2D eigenvalue weighted by Gasteiger charge is -2.48. The van der Waals surface area contributed by atoms with E-state index in [4.69, 9.17) is 53.1 Å². The van der Waals surface area contributed by atoms with Gasteiger partial charge in [-0.25, -0.2) is 0 Å². The Morgan fingerprint density at radius 2 is 1.67 bits per heavy atom. The Balaban J connectivity index is 1.19. The summed E-state index contributed by atoms with van der Waals surface area (Å²) in [6, 6.07) is -0.261. The fourth-order valence-corrected chi connectivity index (χ4v) is 10.6. The topological polar surface area (TPSA) is 188 Å². The van der Waals surface area contributed by atoms with E-state index in [2.05, 4.69) is 45.0 Å². The summed E-state index contributed by atoms with van der Waals surface area (Å²) in [5.74, 6) is -2.62. The smallest absolute Gasteiger partial charge is 0.316 e. The van der Waals surface area contributed by atoms with Gasteiger partial charge in [0.1, 0.15) is 35.5 Å². The second-order valence-corrected chi connectivity index (χ2v) is 19.0. The first-order valence-corrected chi connectivity index (χ1v) is 23.0. The van der Waals surface area contributed by atoms with E-state index in [1.54, 1.807) is 33.3 Å². The van der Waals surface area contributed by atoms with Crippen molar-refractivity contribution in [3.8, 4) is 0 Å². The maximum atomic E-state index is 14.4. The van der Waals surface area contributed by atoms with Crippen LogP contribution in [0.5, 0.6) is 0 Å². The lowest BCUT2D eigenvalue weighted by Crippen LogP contribution is -2.57. The Bertz CT molecular complexity index is 1810. The number of ether oxygens (including phenoxy) is 10. The zero-order valence-electron chi connectivity index (χ0n) is 38.7. The van der Waals surface area contributed by atoms with Gasteiger partial charge in [-0.15, -0.1) is 0 Å². The van der Waals surface area contributed by atoms with E-state index in [-0.39, 0.29) is 67.0 Å². The minimum Gasteiger partial charge on any atom is -0.462 e. The Labute approximate surface area is 372 Å². The van der Waals surface area contributed by atoms with Crippen molar-refractivity contribution in [1.29, 1.82) is 0 Å². The molecule has 4 fully saturated rings.